The van der Waals surface area contributed by atoms with Crippen LogP contribution < -0.4 is 10.8 Å². The Morgan fingerprint density at radius 2 is 1.84 bits per heavy atom. The number of anilines is 1. The minimum absolute atomic E-state index is 0.998. The zero-order valence-corrected chi connectivity index (χ0v) is 13.8. The number of allylic oxidation sites excluding steroid dienone is 2. The average molecular weight is 332 g/mol. The van der Waals surface area contributed by atoms with Crippen molar-refractivity contribution in [3.63, 3.8) is 0 Å². The molecule has 0 saturated carbocycles. The summed E-state index contributed by atoms with van der Waals surface area (Å²) in [6, 6.07) is 16.4. The van der Waals surface area contributed by atoms with E-state index in [-0.39, 0.29) is 0 Å². The second-order valence-electron chi connectivity index (χ2n) is 5.34. The second kappa shape index (κ2) is 9.08. The third-order valence-corrected chi connectivity index (χ3v) is 3.63. The number of hydrogen-bond donors (Lipinski definition) is 2. The van der Waals surface area contributed by atoms with Gasteiger partial charge in [0.15, 0.2) is 0 Å². The van der Waals surface area contributed by atoms with Crippen LogP contribution in [0.2, 0.25) is 0 Å². The third kappa shape index (κ3) is 5.07. The van der Waals surface area contributed by atoms with Crippen LogP contribution in [-0.2, 0) is 11.3 Å². The average Bonchev–Trinajstić information content (AvgIpc) is 3.19. The fourth-order valence-electron chi connectivity index (χ4n) is 2.42. The summed E-state index contributed by atoms with van der Waals surface area (Å²) in [4.78, 5) is 12.5. The molecule has 5 nitrogen and oxygen atoms in total. The van der Waals surface area contributed by atoms with Gasteiger partial charge < -0.3 is 10.2 Å². The lowest BCUT2D eigenvalue weighted by molar-refractivity contribution is 0.172. The van der Waals surface area contributed by atoms with Crippen molar-refractivity contribution in [2.45, 2.75) is 6.42 Å². The van der Waals surface area contributed by atoms with Gasteiger partial charge >= 0.3 is 0 Å². The van der Waals surface area contributed by atoms with Crippen molar-refractivity contribution in [3.05, 3.63) is 91.2 Å². The number of fused-ring (bicyclic) bond motifs is 2. The summed E-state index contributed by atoms with van der Waals surface area (Å²) in [6.45, 7) is 1.11. The van der Waals surface area contributed by atoms with Crippen LogP contribution in [0.15, 0.2) is 85.7 Å². The second-order valence-corrected chi connectivity index (χ2v) is 5.34. The molecule has 5 rings (SSSR count). The van der Waals surface area contributed by atoms with Gasteiger partial charge in [-0.05, 0) is 36.3 Å². The summed E-state index contributed by atoms with van der Waals surface area (Å²) < 4.78 is 0. The van der Waals surface area contributed by atoms with E-state index in [4.69, 9.17) is 0 Å². The van der Waals surface area contributed by atoms with Gasteiger partial charge in [-0.15, -0.1) is 0 Å². The van der Waals surface area contributed by atoms with Crippen LogP contribution in [-0.4, -0.2) is 16.5 Å². The first-order chi connectivity index (χ1) is 12.4. The van der Waals surface area contributed by atoms with E-state index in [0.29, 0.717) is 0 Å². The lowest BCUT2D eigenvalue weighted by Crippen LogP contribution is -2.01. The molecule has 0 radical (unpaired) electrons. The van der Waals surface area contributed by atoms with Gasteiger partial charge in [-0.25, -0.2) is 15.4 Å². The first-order valence-corrected chi connectivity index (χ1v) is 8.13. The molecule has 1 aromatic heterocycles. The predicted molar refractivity (Wildman–Crippen MR) is 101 cm³/mol. The Balaban J connectivity index is 0.000000113. The molecule has 0 bridgehead atoms. The van der Waals surface area contributed by atoms with E-state index in [0.717, 1.165) is 17.4 Å². The van der Waals surface area contributed by atoms with Crippen molar-refractivity contribution in [1.82, 2.24) is 15.4 Å². The molecule has 0 spiro atoms. The van der Waals surface area contributed by atoms with Crippen LogP contribution in [0.3, 0.4) is 0 Å². The molecular formula is C20H20N4O. The summed E-state index contributed by atoms with van der Waals surface area (Å²) in [5.41, 5.74) is 6.29. The fraction of sp³-hybridized carbons (Fsp3) is 0.100. The van der Waals surface area contributed by atoms with Crippen LogP contribution in [0, 0.1) is 0 Å². The van der Waals surface area contributed by atoms with Gasteiger partial charge in [0.05, 0.1) is 5.52 Å². The first-order valence-electron chi connectivity index (χ1n) is 8.13. The number of nitrogens with one attached hydrogen (secondary N) is 2. The molecule has 0 amide bonds. The van der Waals surface area contributed by atoms with E-state index in [1.165, 1.54) is 17.7 Å². The Hall–Kier alpha value is -3.34. The van der Waals surface area contributed by atoms with Gasteiger partial charge in [-0.2, -0.15) is 0 Å². The predicted octanol–water partition coefficient (Wildman–Crippen LogP) is 3.83. The summed E-state index contributed by atoms with van der Waals surface area (Å²) in [7, 11) is 0. The van der Waals surface area contributed by atoms with Crippen molar-refractivity contribution in [2.24, 2.45) is 0 Å². The van der Waals surface area contributed by atoms with Gasteiger partial charge in [-0.3, -0.25) is 0 Å². The molecule has 2 aromatic carbocycles. The molecular weight excluding hydrogens is 312 g/mol. The molecule has 25 heavy (non-hydrogen) atoms. The molecule has 0 fully saturated rings. The normalized spacial score (nSPS) is 13.1. The van der Waals surface area contributed by atoms with Crippen molar-refractivity contribution in [2.75, 3.05) is 11.9 Å². The maximum atomic E-state index is 4.55. The minimum Gasteiger partial charge on any atom is -0.391 e. The summed E-state index contributed by atoms with van der Waals surface area (Å²) >= 11 is 0. The number of hydroxylamine groups is 1. The van der Waals surface area contributed by atoms with Crippen molar-refractivity contribution in [3.8, 4) is 0 Å². The molecule has 2 aliphatic rings. The summed E-state index contributed by atoms with van der Waals surface area (Å²) in [5, 5.41) is 4.39. The lowest BCUT2D eigenvalue weighted by atomic mass is 10.2. The SMILES string of the molecule is C1=CNOC=C1.c1ccc2c(c1)CCN2.c1ccc2ncncc2c1. The van der Waals surface area contributed by atoms with Gasteiger partial charge in [0.1, 0.15) is 12.6 Å². The Kier molecular flexibility index (Phi) is 6.00. The van der Waals surface area contributed by atoms with Gasteiger partial charge in [0, 0.05) is 30.0 Å². The number of aromatic nitrogens is 2. The standard InChI is InChI=1S/C8H6N2.C8H9N.C4H5NO/c1-2-4-8-7(3-1)5-9-6-10-8;1-2-4-8-7(3-1)5-6-9-8;1-2-4-6-5-3-1/h1-6H;1-4,9H,5-6H2;1-5H. The highest BCUT2D eigenvalue weighted by Crippen LogP contribution is 2.19. The van der Waals surface area contributed by atoms with Crippen molar-refractivity contribution in [1.29, 1.82) is 0 Å². The zero-order valence-electron chi connectivity index (χ0n) is 13.8. The van der Waals surface area contributed by atoms with E-state index >= 15 is 0 Å². The highest BCUT2D eigenvalue weighted by Gasteiger charge is 2.05. The molecule has 0 unspecified atom stereocenters. The molecule has 0 saturated heterocycles. The lowest BCUT2D eigenvalue weighted by Gasteiger charge is -1.97. The first kappa shape index (κ1) is 16.5. The molecule has 126 valence electrons. The fourth-order valence-corrected chi connectivity index (χ4v) is 2.42. The maximum Gasteiger partial charge on any atom is 0.119 e. The number of hydrogen-bond acceptors (Lipinski definition) is 5. The van der Waals surface area contributed by atoms with Crippen molar-refractivity contribution >= 4 is 16.6 Å². The minimum atomic E-state index is 0.998. The molecule has 0 aliphatic carbocycles. The largest absolute Gasteiger partial charge is 0.391 e. The Morgan fingerprint density at radius 1 is 0.960 bits per heavy atom. The van der Waals surface area contributed by atoms with E-state index in [2.05, 4.69) is 49.9 Å². The monoisotopic (exact) mass is 332 g/mol. The molecule has 0 atom stereocenters. The summed E-state index contributed by atoms with van der Waals surface area (Å²) in [5.74, 6) is 0. The highest BCUT2D eigenvalue weighted by atomic mass is 16.6. The molecule has 5 heteroatoms. The van der Waals surface area contributed by atoms with Gasteiger partial charge in [-0.1, -0.05) is 36.4 Å². The molecule has 3 aromatic rings. The van der Waals surface area contributed by atoms with Crippen LogP contribution in [0.25, 0.3) is 10.9 Å². The van der Waals surface area contributed by atoms with E-state index < -0.39 is 0 Å². The Morgan fingerprint density at radius 3 is 2.56 bits per heavy atom. The van der Waals surface area contributed by atoms with Gasteiger partial charge in [0.25, 0.3) is 0 Å². The smallest absolute Gasteiger partial charge is 0.119 e. The van der Waals surface area contributed by atoms with Crippen LogP contribution in [0.4, 0.5) is 5.69 Å². The van der Waals surface area contributed by atoms with E-state index in [9.17, 15) is 0 Å². The molecule has 3 heterocycles. The summed E-state index contributed by atoms with van der Waals surface area (Å²) in [6.07, 6.45) is 11.5. The maximum absolute atomic E-state index is 4.55. The topological polar surface area (TPSA) is 59.1 Å². The number of rotatable bonds is 0. The van der Waals surface area contributed by atoms with Gasteiger partial charge in [0.2, 0.25) is 0 Å². The third-order valence-electron chi connectivity index (χ3n) is 3.63. The van der Waals surface area contributed by atoms with Crippen LogP contribution in [0.1, 0.15) is 5.56 Å². The molecule has 2 aliphatic heterocycles. The van der Waals surface area contributed by atoms with Crippen molar-refractivity contribution < 1.29 is 4.84 Å². The van der Waals surface area contributed by atoms with E-state index in [1.54, 1.807) is 24.9 Å². The van der Waals surface area contributed by atoms with E-state index in [1.807, 2.05) is 36.5 Å². The number of para-hydroxylation sites is 2. The van der Waals surface area contributed by atoms with Crippen LogP contribution in [0.5, 0.6) is 0 Å². The zero-order chi connectivity index (χ0) is 17.2. The Labute approximate surface area is 147 Å². The number of nitrogens with zero attached hydrogens (tertiary/aromatic N) is 2. The van der Waals surface area contributed by atoms with Crippen LogP contribution >= 0.6 is 0 Å². The quantitative estimate of drug-likeness (QED) is 0.655. The number of benzene rings is 2. The molecule has 2 N–H and O–H groups in total. The Bertz CT molecular complexity index is 760. The highest BCUT2D eigenvalue weighted by molar-refractivity contribution is 5.76.